The highest BCUT2D eigenvalue weighted by Gasteiger charge is 2.36. The van der Waals surface area contributed by atoms with Gasteiger partial charge in [0.1, 0.15) is 0 Å². The number of H-pyrrole nitrogens is 1. The summed E-state index contributed by atoms with van der Waals surface area (Å²) in [4.78, 5) is 52.6. The third-order valence-electron chi connectivity index (χ3n) is 5.74. The second kappa shape index (κ2) is 8.14. The van der Waals surface area contributed by atoms with Gasteiger partial charge in [-0.3, -0.25) is 23.7 Å². The van der Waals surface area contributed by atoms with Crippen LogP contribution < -0.4 is 16.9 Å². The fourth-order valence-corrected chi connectivity index (χ4v) is 4.96. The number of aromatic amines is 1. The summed E-state index contributed by atoms with van der Waals surface area (Å²) in [5.41, 5.74) is 7.44. The van der Waals surface area contributed by atoms with Crippen LogP contribution in [0.25, 0.3) is 11.0 Å². The zero-order valence-electron chi connectivity index (χ0n) is 16.7. The van der Waals surface area contributed by atoms with Gasteiger partial charge in [-0.05, 0) is 41.7 Å². The molecule has 1 aromatic heterocycles. The van der Waals surface area contributed by atoms with Crippen LogP contribution in [0.4, 0.5) is 0 Å². The van der Waals surface area contributed by atoms with Crippen LogP contribution in [-0.2, 0) is 27.2 Å². The van der Waals surface area contributed by atoms with E-state index in [1.54, 1.807) is 30.3 Å². The average Bonchev–Trinajstić information content (AvgIpc) is 2.73. The van der Waals surface area contributed by atoms with Crippen molar-refractivity contribution in [2.45, 2.75) is 31.2 Å². The molecule has 0 bridgehead atoms. The minimum Gasteiger partial charge on any atom is -0.469 e. The number of amides is 1. The van der Waals surface area contributed by atoms with E-state index in [-0.39, 0.29) is 6.42 Å². The number of halogens is 1. The van der Waals surface area contributed by atoms with Crippen molar-refractivity contribution >= 4 is 38.8 Å². The molecule has 9 heteroatoms. The fourth-order valence-electron chi connectivity index (χ4n) is 4.45. The average molecular weight is 486 g/mol. The SMILES string of the molecule is COC(=O)Cc1ccccc1C(C(N)=O)C1CCc2cc(Br)cc3[nH]c(=O)c(=O)n1c23. The molecule has 0 aliphatic carbocycles. The fraction of sp³-hybridized carbons (Fsp3) is 0.273. The first-order valence-corrected chi connectivity index (χ1v) is 10.5. The molecule has 4 rings (SSSR count). The minimum absolute atomic E-state index is 0.0353. The van der Waals surface area contributed by atoms with Gasteiger partial charge in [0.15, 0.2) is 0 Å². The number of esters is 1. The standard InChI is InChI=1S/C22H20BrN3O5/c1-31-17(27)9-11-4-2-3-5-14(11)18(20(24)28)16-7-6-12-8-13(23)10-15-19(12)26(16)22(30)21(29)25-15/h2-5,8,10,16,18H,6-7,9H2,1H3,(H2,24,28)(H,25,29). The number of nitrogens with one attached hydrogen (secondary N) is 1. The van der Waals surface area contributed by atoms with E-state index in [4.69, 9.17) is 10.5 Å². The highest BCUT2D eigenvalue weighted by atomic mass is 79.9. The molecule has 0 saturated heterocycles. The first-order chi connectivity index (χ1) is 14.8. The Morgan fingerprint density at radius 2 is 2.03 bits per heavy atom. The van der Waals surface area contributed by atoms with Crippen LogP contribution in [0.2, 0.25) is 0 Å². The number of hydrogen-bond acceptors (Lipinski definition) is 5. The molecule has 1 aliphatic rings. The Bertz CT molecular complexity index is 1330. The molecule has 0 fully saturated rings. The summed E-state index contributed by atoms with van der Waals surface area (Å²) in [7, 11) is 1.29. The predicted molar refractivity (Wildman–Crippen MR) is 118 cm³/mol. The molecule has 0 spiro atoms. The van der Waals surface area contributed by atoms with E-state index in [1.807, 2.05) is 6.07 Å². The number of ether oxygens (including phenoxy) is 1. The molecule has 8 nitrogen and oxygen atoms in total. The molecule has 1 aliphatic heterocycles. The number of aryl methyl sites for hydroxylation is 1. The lowest BCUT2D eigenvalue weighted by Gasteiger charge is -2.33. The van der Waals surface area contributed by atoms with Gasteiger partial charge in [-0.2, -0.15) is 0 Å². The number of rotatable bonds is 5. The first kappa shape index (κ1) is 21.0. The Morgan fingerprint density at radius 3 is 2.74 bits per heavy atom. The summed E-state index contributed by atoms with van der Waals surface area (Å²) in [6.07, 6.45) is 0.990. The largest absolute Gasteiger partial charge is 0.469 e. The Labute approximate surface area is 185 Å². The molecule has 3 N–H and O–H groups in total. The van der Waals surface area contributed by atoms with Crippen LogP contribution in [0.3, 0.4) is 0 Å². The summed E-state index contributed by atoms with van der Waals surface area (Å²) in [5, 5.41) is 0. The number of aromatic nitrogens is 2. The lowest BCUT2D eigenvalue weighted by atomic mass is 9.82. The van der Waals surface area contributed by atoms with E-state index in [0.717, 1.165) is 10.0 Å². The Morgan fingerprint density at radius 1 is 1.29 bits per heavy atom. The van der Waals surface area contributed by atoms with E-state index in [2.05, 4.69) is 20.9 Å². The predicted octanol–water partition coefficient (Wildman–Crippen LogP) is 1.92. The molecule has 0 radical (unpaired) electrons. The first-order valence-electron chi connectivity index (χ1n) is 9.72. The van der Waals surface area contributed by atoms with E-state index in [9.17, 15) is 19.2 Å². The van der Waals surface area contributed by atoms with Gasteiger partial charge >= 0.3 is 17.1 Å². The van der Waals surface area contributed by atoms with Gasteiger partial charge in [0.05, 0.1) is 36.5 Å². The van der Waals surface area contributed by atoms with E-state index in [1.165, 1.54) is 11.7 Å². The normalized spacial score (nSPS) is 16.1. The lowest BCUT2D eigenvalue weighted by Crippen LogP contribution is -2.44. The number of benzene rings is 2. The van der Waals surface area contributed by atoms with Crippen LogP contribution in [0.5, 0.6) is 0 Å². The molecule has 2 heterocycles. The maximum absolute atomic E-state index is 12.9. The van der Waals surface area contributed by atoms with Crippen molar-refractivity contribution in [3.8, 4) is 0 Å². The number of carbonyl (C=O) groups excluding carboxylic acids is 2. The van der Waals surface area contributed by atoms with E-state index >= 15 is 0 Å². The Hall–Kier alpha value is -3.20. The third-order valence-corrected chi connectivity index (χ3v) is 6.20. The number of nitrogens with two attached hydrogens (primary N) is 1. The van der Waals surface area contributed by atoms with Crippen LogP contribution >= 0.6 is 15.9 Å². The summed E-state index contributed by atoms with van der Waals surface area (Å²) in [5.74, 6) is -1.99. The van der Waals surface area contributed by atoms with Crippen molar-refractivity contribution in [1.29, 1.82) is 0 Å². The molecular formula is C22H20BrN3O5. The quantitative estimate of drug-likeness (QED) is 0.421. The second-order valence-electron chi connectivity index (χ2n) is 7.53. The number of carbonyl (C=O) groups is 2. The van der Waals surface area contributed by atoms with Gasteiger partial charge in [-0.1, -0.05) is 40.2 Å². The van der Waals surface area contributed by atoms with Gasteiger partial charge in [0.2, 0.25) is 5.91 Å². The van der Waals surface area contributed by atoms with Gasteiger partial charge in [-0.15, -0.1) is 0 Å². The van der Waals surface area contributed by atoms with Crippen molar-refractivity contribution in [1.82, 2.24) is 9.55 Å². The molecule has 1 amide bonds. The number of primary amides is 1. The molecule has 160 valence electrons. The highest BCUT2D eigenvalue weighted by molar-refractivity contribution is 9.10. The summed E-state index contributed by atoms with van der Waals surface area (Å²) in [6.45, 7) is 0. The maximum atomic E-state index is 12.9. The molecule has 0 saturated carbocycles. The minimum atomic E-state index is -0.902. The number of hydrogen-bond donors (Lipinski definition) is 2. The third kappa shape index (κ3) is 3.69. The summed E-state index contributed by atoms with van der Waals surface area (Å²) < 4.78 is 6.95. The molecular weight excluding hydrogens is 466 g/mol. The summed E-state index contributed by atoms with van der Waals surface area (Å²) in [6, 6.07) is 9.91. The monoisotopic (exact) mass is 485 g/mol. The van der Waals surface area contributed by atoms with Crippen molar-refractivity contribution < 1.29 is 14.3 Å². The molecule has 3 aromatic rings. The molecule has 2 aromatic carbocycles. The molecule has 2 unspecified atom stereocenters. The molecule has 31 heavy (non-hydrogen) atoms. The second-order valence-corrected chi connectivity index (χ2v) is 8.44. The van der Waals surface area contributed by atoms with Crippen molar-refractivity contribution in [2.24, 2.45) is 5.73 Å². The highest BCUT2D eigenvalue weighted by Crippen LogP contribution is 2.39. The van der Waals surface area contributed by atoms with Gasteiger partial charge in [0, 0.05) is 4.47 Å². The van der Waals surface area contributed by atoms with Gasteiger partial charge in [0.25, 0.3) is 0 Å². The number of nitrogens with zero attached hydrogens (tertiary/aromatic N) is 1. The van der Waals surface area contributed by atoms with Crippen LogP contribution in [0.1, 0.15) is 35.1 Å². The maximum Gasteiger partial charge on any atom is 0.317 e. The Kier molecular flexibility index (Phi) is 5.53. The van der Waals surface area contributed by atoms with Crippen molar-refractivity contribution in [3.63, 3.8) is 0 Å². The smallest absolute Gasteiger partial charge is 0.317 e. The topological polar surface area (TPSA) is 124 Å². The number of methoxy groups -OCH3 is 1. The van der Waals surface area contributed by atoms with Crippen LogP contribution in [-0.4, -0.2) is 28.5 Å². The summed E-state index contributed by atoms with van der Waals surface area (Å²) >= 11 is 3.43. The zero-order valence-corrected chi connectivity index (χ0v) is 18.3. The molecule has 2 atom stereocenters. The Balaban J connectivity index is 1.96. The lowest BCUT2D eigenvalue weighted by molar-refractivity contribution is -0.139. The van der Waals surface area contributed by atoms with Crippen molar-refractivity contribution in [2.75, 3.05) is 7.11 Å². The zero-order chi connectivity index (χ0) is 22.3. The van der Waals surface area contributed by atoms with Crippen LogP contribution in [0, 0.1) is 0 Å². The van der Waals surface area contributed by atoms with E-state index < -0.39 is 35.0 Å². The van der Waals surface area contributed by atoms with Crippen molar-refractivity contribution in [3.05, 3.63) is 78.3 Å². The van der Waals surface area contributed by atoms with E-state index in [0.29, 0.717) is 35.0 Å². The van der Waals surface area contributed by atoms with Crippen LogP contribution in [0.15, 0.2) is 50.5 Å². The van der Waals surface area contributed by atoms with Gasteiger partial charge < -0.3 is 15.5 Å². The van der Waals surface area contributed by atoms with Gasteiger partial charge in [-0.25, -0.2) is 0 Å².